The van der Waals surface area contributed by atoms with E-state index in [4.69, 9.17) is 0 Å². The Morgan fingerprint density at radius 2 is 1.96 bits per heavy atom. The minimum Gasteiger partial charge on any atom is -0.336 e. The minimum atomic E-state index is 0.0580. The van der Waals surface area contributed by atoms with Crippen molar-refractivity contribution in [3.63, 3.8) is 0 Å². The van der Waals surface area contributed by atoms with Gasteiger partial charge < -0.3 is 9.80 Å². The fourth-order valence-electron chi connectivity index (χ4n) is 3.71. The van der Waals surface area contributed by atoms with Crippen LogP contribution >= 0.6 is 0 Å². The molecule has 0 bridgehead atoms. The third-order valence-corrected chi connectivity index (χ3v) is 5.33. The van der Waals surface area contributed by atoms with Gasteiger partial charge in [0.2, 0.25) is 0 Å². The molecule has 1 fully saturated rings. The molecule has 3 aromatic rings. The summed E-state index contributed by atoms with van der Waals surface area (Å²) in [5.74, 6) is 0.0580. The molecule has 0 spiro atoms. The van der Waals surface area contributed by atoms with E-state index in [2.05, 4.69) is 33.1 Å². The Kier molecular flexibility index (Phi) is 3.75. The number of hydrogen-bond acceptors (Lipinski definition) is 5. The molecule has 1 saturated heterocycles. The largest absolute Gasteiger partial charge is 0.336 e. The van der Waals surface area contributed by atoms with E-state index in [0.717, 1.165) is 60.8 Å². The molecular weight excluding hydrogens is 340 g/mol. The number of rotatable bonds is 2. The van der Waals surface area contributed by atoms with Crippen LogP contribution in [0.2, 0.25) is 0 Å². The van der Waals surface area contributed by atoms with Crippen LogP contribution in [0.15, 0.2) is 42.9 Å². The van der Waals surface area contributed by atoms with Gasteiger partial charge >= 0.3 is 0 Å². The van der Waals surface area contributed by atoms with Crippen molar-refractivity contribution in [1.82, 2.24) is 29.4 Å². The highest BCUT2D eigenvalue weighted by Gasteiger charge is 2.24. The first-order chi connectivity index (χ1) is 13.2. The quantitative estimate of drug-likeness (QED) is 0.693. The Morgan fingerprint density at radius 1 is 1.11 bits per heavy atom. The average molecular weight is 360 g/mol. The molecule has 0 atom stereocenters. The molecule has 1 aliphatic heterocycles. The number of likely N-dealkylation sites (N-methyl/N-ethyl adjacent to an activating group) is 1. The lowest BCUT2D eigenvalue weighted by Gasteiger charge is -2.32. The number of hydrogen-bond donors (Lipinski definition) is 0. The summed E-state index contributed by atoms with van der Waals surface area (Å²) in [7, 11) is 2.08. The van der Waals surface area contributed by atoms with Gasteiger partial charge in [0.15, 0.2) is 5.65 Å². The lowest BCUT2D eigenvalue weighted by molar-refractivity contribution is 0.0663. The van der Waals surface area contributed by atoms with Crippen LogP contribution in [0.5, 0.6) is 0 Å². The Labute approximate surface area is 156 Å². The molecular formula is C20H20N6O. The number of piperazine rings is 1. The summed E-state index contributed by atoms with van der Waals surface area (Å²) in [5.41, 5.74) is 5.35. The first-order valence-corrected chi connectivity index (χ1v) is 9.17. The zero-order valence-corrected chi connectivity index (χ0v) is 15.2. The van der Waals surface area contributed by atoms with Gasteiger partial charge in [0.1, 0.15) is 0 Å². The highest BCUT2D eigenvalue weighted by molar-refractivity contribution is 5.96. The number of pyridine rings is 1. The molecule has 0 aromatic carbocycles. The van der Waals surface area contributed by atoms with Gasteiger partial charge in [0.25, 0.3) is 5.91 Å². The zero-order valence-electron chi connectivity index (χ0n) is 15.2. The molecule has 1 amide bonds. The number of imidazole rings is 1. The van der Waals surface area contributed by atoms with Gasteiger partial charge in [0, 0.05) is 62.3 Å². The van der Waals surface area contributed by atoms with E-state index >= 15 is 0 Å². The third kappa shape index (κ3) is 2.80. The number of allylic oxidation sites excluding steroid dienone is 1. The zero-order chi connectivity index (χ0) is 18.4. The fraction of sp³-hybridized carbons (Fsp3) is 0.300. The van der Waals surface area contributed by atoms with Crippen LogP contribution in [0.3, 0.4) is 0 Å². The Bertz CT molecular complexity index is 1060. The number of carbonyl (C=O) groups excluding carboxylic acids is 1. The van der Waals surface area contributed by atoms with Gasteiger partial charge in [-0.05, 0) is 25.2 Å². The second kappa shape index (κ2) is 6.28. The van der Waals surface area contributed by atoms with Crippen molar-refractivity contribution in [2.45, 2.75) is 6.42 Å². The highest BCUT2D eigenvalue weighted by Crippen LogP contribution is 2.31. The average Bonchev–Trinajstić information content (AvgIpc) is 3.33. The molecule has 3 aromatic heterocycles. The predicted octanol–water partition coefficient (Wildman–Crippen LogP) is 1.50. The van der Waals surface area contributed by atoms with E-state index in [1.807, 2.05) is 29.3 Å². The van der Waals surface area contributed by atoms with Crippen molar-refractivity contribution in [3.8, 4) is 0 Å². The molecule has 5 rings (SSSR count). The number of nitrogens with zero attached hydrogens (tertiary/aromatic N) is 6. The first-order valence-electron chi connectivity index (χ1n) is 9.17. The Hall–Kier alpha value is -3.06. The smallest absolute Gasteiger partial charge is 0.255 e. The summed E-state index contributed by atoms with van der Waals surface area (Å²) in [4.78, 5) is 25.9. The highest BCUT2D eigenvalue weighted by atomic mass is 16.2. The van der Waals surface area contributed by atoms with Gasteiger partial charge in [-0.2, -0.15) is 5.10 Å². The topological polar surface area (TPSA) is 66.6 Å². The number of carbonyl (C=O) groups is 1. The number of amides is 1. The van der Waals surface area contributed by atoms with Crippen LogP contribution in [0.25, 0.3) is 11.2 Å². The van der Waals surface area contributed by atoms with Crippen molar-refractivity contribution in [3.05, 3.63) is 65.4 Å². The molecule has 0 unspecified atom stereocenters. The van der Waals surface area contributed by atoms with Crippen molar-refractivity contribution in [2.75, 3.05) is 33.2 Å². The molecule has 27 heavy (non-hydrogen) atoms. The molecule has 2 aliphatic rings. The molecule has 7 nitrogen and oxygen atoms in total. The van der Waals surface area contributed by atoms with E-state index in [-0.39, 0.29) is 5.91 Å². The van der Waals surface area contributed by atoms with Gasteiger partial charge in [0.05, 0.1) is 17.0 Å². The minimum absolute atomic E-state index is 0.0580. The van der Waals surface area contributed by atoms with Crippen LogP contribution in [0.1, 0.15) is 27.3 Å². The van der Waals surface area contributed by atoms with Crippen molar-refractivity contribution in [1.29, 1.82) is 0 Å². The summed E-state index contributed by atoms with van der Waals surface area (Å²) < 4.78 is 1.76. The lowest BCUT2D eigenvalue weighted by atomic mass is 10.0. The van der Waals surface area contributed by atoms with Gasteiger partial charge in [-0.3, -0.25) is 9.78 Å². The molecule has 0 N–H and O–H groups in total. The molecule has 136 valence electrons. The third-order valence-electron chi connectivity index (χ3n) is 5.33. The summed E-state index contributed by atoms with van der Waals surface area (Å²) in [6.07, 6.45) is 8.17. The maximum absolute atomic E-state index is 12.9. The van der Waals surface area contributed by atoms with E-state index in [9.17, 15) is 4.79 Å². The Morgan fingerprint density at radius 3 is 2.81 bits per heavy atom. The fourth-order valence-corrected chi connectivity index (χ4v) is 3.71. The van der Waals surface area contributed by atoms with E-state index in [1.54, 1.807) is 16.9 Å². The Balaban J connectivity index is 1.47. The van der Waals surface area contributed by atoms with Crippen LogP contribution < -0.4 is 0 Å². The number of aromatic nitrogens is 4. The summed E-state index contributed by atoms with van der Waals surface area (Å²) in [6, 6.07) is 5.90. The predicted molar refractivity (Wildman–Crippen MR) is 101 cm³/mol. The summed E-state index contributed by atoms with van der Waals surface area (Å²) in [6.45, 7) is 3.33. The summed E-state index contributed by atoms with van der Waals surface area (Å²) >= 11 is 0. The van der Waals surface area contributed by atoms with Gasteiger partial charge in [-0.15, -0.1) is 0 Å². The van der Waals surface area contributed by atoms with Crippen molar-refractivity contribution < 1.29 is 4.79 Å². The summed E-state index contributed by atoms with van der Waals surface area (Å²) in [5, 5.41) is 4.65. The molecule has 4 heterocycles. The van der Waals surface area contributed by atoms with E-state index in [1.165, 1.54) is 0 Å². The van der Waals surface area contributed by atoms with E-state index < -0.39 is 0 Å². The molecule has 1 aliphatic carbocycles. The maximum Gasteiger partial charge on any atom is 0.255 e. The lowest BCUT2D eigenvalue weighted by Crippen LogP contribution is -2.47. The normalized spacial score (nSPS) is 17.2. The second-order valence-corrected chi connectivity index (χ2v) is 7.08. The monoisotopic (exact) mass is 360 g/mol. The van der Waals surface area contributed by atoms with Crippen LogP contribution in [0, 0.1) is 0 Å². The van der Waals surface area contributed by atoms with E-state index in [0.29, 0.717) is 5.56 Å². The SMILES string of the molecule is CN1CCN(C(=O)c2cnc3c(c2)C(c2ccc4nccn4n2)=CC3)CC1. The first kappa shape index (κ1) is 16.1. The van der Waals surface area contributed by atoms with Crippen LogP contribution in [-0.4, -0.2) is 68.5 Å². The maximum atomic E-state index is 12.9. The standard InChI is InChI=1S/C20H20N6O/c1-24-8-10-25(11-9-24)20(27)14-12-16-15(2-3-17(16)22-13-14)18-4-5-19-21-6-7-26(19)23-18/h2,4-7,12-13H,3,8-11H2,1H3. The van der Waals surface area contributed by atoms with Crippen molar-refractivity contribution >= 4 is 17.1 Å². The van der Waals surface area contributed by atoms with Crippen molar-refractivity contribution in [2.24, 2.45) is 0 Å². The molecule has 7 heteroatoms. The van der Waals surface area contributed by atoms with Crippen LogP contribution in [-0.2, 0) is 6.42 Å². The van der Waals surface area contributed by atoms with Gasteiger partial charge in [-0.25, -0.2) is 9.50 Å². The molecule has 0 radical (unpaired) electrons. The number of fused-ring (bicyclic) bond motifs is 2. The van der Waals surface area contributed by atoms with Crippen LogP contribution in [0.4, 0.5) is 0 Å². The molecule has 0 saturated carbocycles. The van der Waals surface area contributed by atoms with Gasteiger partial charge in [-0.1, -0.05) is 6.08 Å². The second-order valence-electron chi connectivity index (χ2n) is 7.08.